The summed E-state index contributed by atoms with van der Waals surface area (Å²) in [6.07, 6.45) is 6.06. The maximum Gasteiger partial charge on any atom is 0.332 e. The fourth-order valence-corrected chi connectivity index (χ4v) is 5.85. The zero-order valence-electron chi connectivity index (χ0n) is 22.7. The third kappa shape index (κ3) is 5.76. The number of fused-ring (bicyclic) bond motifs is 2. The molecular weight excluding hydrogens is 492 g/mol. The summed E-state index contributed by atoms with van der Waals surface area (Å²) < 4.78 is 2.69. The third-order valence-corrected chi connectivity index (χ3v) is 8.00. The molecule has 204 valence electrons. The molecule has 1 aliphatic carbocycles. The average Bonchev–Trinajstić information content (AvgIpc) is 3.25. The van der Waals surface area contributed by atoms with E-state index in [1.165, 1.54) is 29.3 Å². The van der Waals surface area contributed by atoms with E-state index in [-0.39, 0.29) is 17.7 Å². The molecule has 0 saturated carbocycles. The summed E-state index contributed by atoms with van der Waals surface area (Å²) >= 11 is 0. The van der Waals surface area contributed by atoms with Gasteiger partial charge in [-0.1, -0.05) is 48.5 Å². The molecule has 5 rings (SSSR count). The molecule has 2 aromatic carbocycles. The second kappa shape index (κ2) is 11.5. The van der Waals surface area contributed by atoms with Crippen LogP contribution in [0.15, 0.2) is 64.2 Å². The fraction of sp³-hybridized carbons (Fsp3) is 0.387. The second-order valence-corrected chi connectivity index (χ2v) is 10.5. The molecule has 8 nitrogen and oxygen atoms in total. The van der Waals surface area contributed by atoms with E-state index in [9.17, 15) is 19.5 Å². The van der Waals surface area contributed by atoms with Crippen molar-refractivity contribution in [3.63, 3.8) is 0 Å². The standard InChI is InChI=1S/C31H36N4O4/c1-32-28(21-29(36)33(2)31(32)39)35-16-6-15-34(17-18-35)14-5-9-26-25-8-4-3-7-23(25)12-13-24-11-10-22(19-27(24)26)20-30(37)38/h3-4,7-11,19,21H,5-6,12-18,20H2,1-2H3,(H,37,38)/b26-9-. The Morgan fingerprint density at radius 1 is 0.897 bits per heavy atom. The number of carboxylic acid groups (broad SMARTS) is 1. The molecule has 2 aliphatic rings. The molecule has 1 fully saturated rings. The van der Waals surface area contributed by atoms with Crippen LogP contribution in [-0.4, -0.2) is 57.8 Å². The van der Waals surface area contributed by atoms with Crippen LogP contribution < -0.4 is 16.1 Å². The molecule has 1 aliphatic heterocycles. The van der Waals surface area contributed by atoms with Crippen LogP contribution in [0.3, 0.4) is 0 Å². The first-order chi connectivity index (χ1) is 18.8. The van der Waals surface area contributed by atoms with Gasteiger partial charge in [0, 0.05) is 46.3 Å². The number of hydrogen-bond acceptors (Lipinski definition) is 5. The van der Waals surface area contributed by atoms with Gasteiger partial charge < -0.3 is 14.9 Å². The molecule has 1 aromatic heterocycles. The van der Waals surface area contributed by atoms with Crippen LogP contribution in [0.4, 0.5) is 5.82 Å². The predicted molar refractivity (Wildman–Crippen MR) is 154 cm³/mol. The smallest absolute Gasteiger partial charge is 0.332 e. The van der Waals surface area contributed by atoms with Crippen molar-refractivity contribution in [3.8, 4) is 0 Å². The Bertz CT molecular complexity index is 1530. The maximum atomic E-state index is 12.4. The molecule has 8 heteroatoms. The van der Waals surface area contributed by atoms with E-state index in [1.807, 2.05) is 6.07 Å². The number of anilines is 1. The number of nitrogens with zero attached hydrogens (tertiary/aromatic N) is 4. The predicted octanol–water partition coefficient (Wildman–Crippen LogP) is 2.84. The molecule has 0 bridgehead atoms. The number of aryl methyl sites for hydroxylation is 2. The number of hydrogen-bond donors (Lipinski definition) is 1. The molecule has 0 amide bonds. The molecule has 1 N–H and O–H groups in total. The van der Waals surface area contributed by atoms with Gasteiger partial charge in [-0.25, -0.2) is 4.79 Å². The van der Waals surface area contributed by atoms with Gasteiger partial charge in [0.25, 0.3) is 5.56 Å². The van der Waals surface area contributed by atoms with Crippen LogP contribution in [0.2, 0.25) is 0 Å². The summed E-state index contributed by atoms with van der Waals surface area (Å²) in [7, 11) is 3.22. The van der Waals surface area contributed by atoms with Crippen molar-refractivity contribution < 1.29 is 9.90 Å². The van der Waals surface area contributed by atoms with E-state index < -0.39 is 5.97 Å². The highest BCUT2D eigenvalue weighted by Crippen LogP contribution is 2.34. The zero-order valence-corrected chi connectivity index (χ0v) is 22.7. The van der Waals surface area contributed by atoms with E-state index in [1.54, 1.807) is 17.7 Å². The van der Waals surface area contributed by atoms with Crippen LogP contribution in [0.5, 0.6) is 0 Å². The Hall–Kier alpha value is -3.91. The summed E-state index contributed by atoms with van der Waals surface area (Å²) in [5, 5.41) is 9.35. The molecule has 0 radical (unpaired) electrons. The molecule has 39 heavy (non-hydrogen) atoms. The summed E-state index contributed by atoms with van der Waals surface area (Å²) in [4.78, 5) is 40.6. The Labute approximate surface area is 228 Å². The molecular formula is C31H36N4O4. The minimum absolute atomic E-state index is 0.0194. The lowest BCUT2D eigenvalue weighted by molar-refractivity contribution is -0.136. The van der Waals surface area contributed by atoms with E-state index in [2.05, 4.69) is 52.3 Å². The zero-order chi connectivity index (χ0) is 27.5. The topological polar surface area (TPSA) is 87.8 Å². The number of rotatable bonds is 6. The quantitative estimate of drug-likeness (QED) is 0.530. The lowest BCUT2D eigenvalue weighted by Crippen LogP contribution is -2.41. The number of carbonyl (C=O) groups is 1. The third-order valence-electron chi connectivity index (χ3n) is 8.00. The van der Waals surface area contributed by atoms with Crippen molar-refractivity contribution >= 4 is 17.4 Å². The first-order valence-electron chi connectivity index (χ1n) is 13.7. The normalized spacial score (nSPS) is 16.9. The van der Waals surface area contributed by atoms with E-state index in [0.717, 1.165) is 74.1 Å². The Balaban J connectivity index is 1.34. The maximum absolute atomic E-state index is 12.4. The van der Waals surface area contributed by atoms with Crippen molar-refractivity contribution in [1.82, 2.24) is 14.0 Å². The molecule has 2 heterocycles. The number of benzene rings is 2. The molecule has 1 saturated heterocycles. The van der Waals surface area contributed by atoms with Gasteiger partial charge in [-0.05, 0) is 65.6 Å². The SMILES string of the molecule is Cn1c(N2CCCN(CC/C=C3/c4ccccc4CCc4ccc(CC(=O)O)cc43)CC2)cc(=O)n(C)c1=O. The minimum Gasteiger partial charge on any atom is -0.481 e. The summed E-state index contributed by atoms with van der Waals surface area (Å²) in [5.41, 5.74) is 6.39. The summed E-state index contributed by atoms with van der Waals surface area (Å²) in [6, 6.07) is 16.2. The van der Waals surface area contributed by atoms with Gasteiger partial charge in [-0.3, -0.25) is 18.7 Å². The van der Waals surface area contributed by atoms with E-state index in [4.69, 9.17) is 0 Å². The van der Waals surface area contributed by atoms with Gasteiger partial charge in [0.1, 0.15) is 5.82 Å². The summed E-state index contributed by atoms with van der Waals surface area (Å²) in [6.45, 7) is 4.25. The molecule has 0 unspecified atom stereocenters. The average molecular weight is 529 g/mol. The van der Waals surface area contributed by atoms with Gasteiger partial charge in [0.2, 0.25) is 0 Å². The van der Waals surface area contributed by atoms with Crippen LogP contribution in [0.25, 0.3) is 5.57 Å². The fourth-order valence-electron chi connectivity index (χ4n) is 5.85. The van der Waals surface area contributed by atoms with Crippen molar-refractivity contribution in [2.45, 2.75) is 32.1 Å². The Morgan fingerprint density at radius 2 is 1.67 bits per heavy atom. The monoisotopic (exact) mass is 528 g/mol. The first kappa shape index (κ1) is 26.7. The van der Waals surface area contributed by atoms with Crippen molar-refractivity contribution in [2.24, 2.45) is 14.1 Å². The highest BCUT2D eigenvalue weighted by Gasteiger charge is 2.21. The number of carboxylic acids is 1. The van der Waals surface area contributed by atoms with Gasteiger partial charge in [-0.15, -0.1) is 0 Å². The van der Waals surface area contributed by atoms with E-state index in [0.29, 0.717) is 5.82 Å². The van der Waals surface area contributed by atoms with Gasteiger partial charge in [0.15, 0.2) is 0 Å². The Kier molecular flexibility index (Phi) is 7.84. The van der Waals surface area contributed by atoms with Crippen LogP contribution >= 0.6 is 0 Å². The van der Waals surface area contributed by atoms with Crippen LogP contribution in [0, 0.1) is 0 Å². The van der Waals surface area contributed by atoms with Gasteiger partial charge >= 0.3 is 11.7 Å². The summed E-state index contributed by atoms with van der Waals surface area (Å²) in [5.74, 6) is -0.142. The lowest BCUT2D eigenvalue weighted by atomic mass is 9.91. The van der Waals surface area contributed by atoms with E-state index >= 15 is 0 Å². The minimum atomic E-state index is -0.819. The number of aliphatic carboxylic acids is 1. The lowest BCUT2D eigenvalue weighted by Gasteiger charge is -2.25. The van der Waals surface area contributed by atoms with Crippen LogP contribution in [-0.2, 0) is 38.2 Å². The highest BCUT2D eigenvalue weighted by molar-refractivity contribution is 5.84. The van der Waals surface area contributed by atoms with Gasteiger partial charge in [-0.2, -0.15) is 0 Å². The molecule has 0 atom stereocenters. The molecule has 0 spiro atoms. The van der Waals surface area contributed by atoms with Crippen molar-refractivity contribution in [2.75, 3.05) is 37.6 Å². The Morgan fingerprint density at radius 3 is 2.46 bits per heavy atom. The first-order valence-corrected chi connectivity index (χ1v) is 13.7. The van der Waals surface area contributed by atoms with Gasteiger partial charge in [0.05, 0.1) is 6.42 Å². The molecule has 3 aromatic rings. The van der Waals surface area contributed by atoms with Crippen molar-refractivity contribution in [3.05, 3.63) is 103 Å². The van der Waals surface area contributed by atoms with Crippen molar-refractivity contribution in [1.29, 1.82) is 0 Å². The second-order valence-electron chi connectivity index (χ2n) is 10.5. The van der Waals surface area contributed by atoms with Crippen LogP contribution in [0.1, 0.15) is 40.7 Å². The highest BCUT2D eigenvalue weighted by atomic mass is 16.4. The number of aromatic nitrogens is 2. The largest absolute Gasteiger partial charge is 0.481 e.